The van der Waals surface area contributed by atoms with E-state index in [0.717, 1.165) is 5.56 Å². The van der Waals surface area contributed by atoms with E-state index in [1.165, 1.54) is 0 Å². The van der Waals surface area contributed by atoms with Gasteiger partial charge in [0.15, 0.2) is 0 Å². The van der Waals surface area contributed by atoms with Crippen molar-refractivity contribution in [1.29, 1.82) is 0 Å². The topological polar surface area (TPSA) is 75.5 Å². The second kappa shape index (κ2) is 7.00. The molecule has 0 heterocycles. The average Bonchev–Trinajstić information content (AvgIpc) is 2.43. The number of hydrogen-bond donors (Lipinski definition) is 1. The zero-order valence-corrected chi connectivity index (χ0v) is 12.3. The molecule has 0 saturated heterocycles. The number of nitro groups is 1. The summed E-state index contributed by atoms with van der Waals surface area (Å²) in [4.78, 5) is 24.0. The first kappa shape index (κ1) is 16.1. The van der Waals surface area contributed by atoms with E-state index in [1.807, 2.05) is 13.0 Å². The van der Waals surface area contributed by atoms with Gasteiger partial charge >= 0.3 is 0 Å². The minimum Gasteiger partial charge on any atom is -0.345 e. The van der Waals surface area contributed by atoms with Gasteiger partial charge in [-0.2, -0.15) is 0 Å². The predicted octanol–water partition coefficient (Wildman–Crippen LogP) is 1.86. The molecule has 1 N–H and O–H groups in total. The van der Waals surface area contributed by atoms with Crippen LogP contribution in [0.25, 0.3) is 0 Å². The van der Waals surface area contributed by atoms with Gasteiger partial charge in [0.25, 0.3) is 5.69 Å². The van der Waals surface area contributed by atoms with Crippen molar-refractivity contribution in [3.8, 4) is 0 Å². The fraction of sp³-hybridized carbons (Fsp3) is 0.500. The Labute approximate surface area is 118 Å². The van der Waals surface area contributed by atoms with Crippen molar-refractivity contribution < 1.29 is 9.72 Å². The standard InChI is InChI=1S/C14H21N3O3/c1-5-16(4)14(18)11(3)15-9-12-7-6-10(2)13(8-12)17(19)20/h6-8,11,15H,5,9H2,1-4H3. The molecule has 1 atom stereocenters. The number of benzene rings is 1. The van der Waals surface area contributed by atoms with E-state index in [-0.39, 0.29) is 17.6 Å². The van der Waals surface area contributed by atoms with Gasteiger partial charge < -0.3 is 10.2 Å². The molecule has 0 saturated carbocycles. The maximum atomic E-state index is 11.9. The molecule has 0 radical (unpaired) electrons. The van der Waals surface area contributed by atoms with Crippen LogP contribution in [0.3, 0.4) is 0 Å². The van der Waals surface area contributed by atoms with Crippen LogP contribution >= 0.6 is 0 Å². The first-order chi connectivity index (χ1) is 9.36. The van der Waals surface area contributed by atoms with Gasteiger partial charge in [-0.05, 0) is 26.3 Å². The molecule has 1 unspecified atom stereocenters. The summed E-state index contributed by atoms with van der Waals surface area (Å²) < 4.78 is 0. The van der Waals surface area contributed by atoms with Crippen LogP contribution in [0.4, 0.5) is 5.69 Å². The summed E-state index contributed by atoms with van der Waals surface area (Å²) in [5, 5.41) is 14.0. The molecule has 0 aliphatic heterocycles. The second-order valence-electron chi connectivity index (χ2n) is 4.83. The van der Waals surface area contributed by atoms with Gasteiger partial charge in [-0.1, -0.05) is 12.1 Å². The Kier molecular flexibility index (Phi) is 5.64. The van der Waals surface area contributed by atoms with Crippen LogP contribution < -0.4 is 5.32 Å². The summed E-state index contributed by atoms with van der Waals surface area (Å²) in [5.41, 5.74) is 1.53. The van der Waals surface area contributed by atoms with E-state index in [1.54, 1.807) is 37.9 Å². The lowest BCUT2D eigenvalue weighted by Crippen LogP contribution is -2.42. The minimum absolute atomic E-state index is 0.00844. The quantitative estimate of drug-likeness (QED) is 0.637. The highest BCUT2D eigenvalue weighted by atomic mass is 16.6. The number of carbonyl (C=O) groups is 1. The minimum atomic E-state index is -0.391. The maximum Gasteiger partial charge on any atom is 0.272 e. The van der Waals surface area contributed by atoms with Crippen LogP contribution in [0.2, 0.25) is 0 Å². The lowest BCUT2D eigenvalue weighted by atomic mass is 10.1. The second-order valence-corrected chi connectivity index (χ2v) is 4.83. The average molecular weight is 279 g/mol. The first-order valence-electron chi connectivity index (χ1n) is 6.59. The lowest BCUT2D eigenvalue weighted by molar-refractivity contribution is -0.385. The van der Waals surface area contributed by atoms with Crippen LogP contribution in [0, 0.1) is 17.0 Å². The van der Waals surface area contributed by atoms with Crippen LogP contribution in [-0.2, 0) is 11.3 Å². The summed E-state index contributed by atoms with van der Waals surface area (Å²) in [5.74, 6) is 0.00844. The third-order valence-electron chi connectivity index (χ3n) is 3.30. The summed E-state index contributed by atoms with van der Waals surface area (Å²) >= 11 is 0. The zero-order valence-electron chi connectivity index (χ0n) is 12.3. The Balaban J connectivity index is 2.69. The first-order valence-corrected chi connectivity index (χ1v) is 6.59. The van der Waals surface area contributed by atoms with E-state index >= 15 is 0 Å². The van der Waals surface area contributed by atoms with Crippen molar-refractivity contribution in [2.75, 3.05) is 13.6 Å². The highest BCUT2D eigenvalue weighted by Crippen LogP contribution is 2.19. The lowest BCUT2D eigenvalue weighted by Gasteiger charge is -2.20. The van der Waals surface area contributed by atoms with Crippen LogP contribution in [-0.4, -0.2) is 35.4 Å². The maximum absolute atomic E-state index is 11.9. The van der Waals surface area contributed by atoms with Crippen LogP contribution in [0.15, 0.2) is 18.2 Å². The molecule has 0 aromatic heterocycles. The molecular weight excluding hydrogens is 258 g/mol. The molecule has 1 aromatic carbocycles. The van der Waals surface area contributed by atoms with E-state index in [9.17, 15) is 14.9 Å². The smallest absolute Gasteiger partial charge is 0.272 e. The van der Waals surface area contributed by atoms with Crippen molar-refractivity contribution in [3.63, 3.8) is 0 Å². The van der Waals surface area contributed by atoms with E-state index in [4.69, 9.17) is 0 Å². The number of nitro benzene ring substituents is 1. The Bertz CT molecular complexity index is 502. The molecule has 0 fully saturated rings. The molecule has 20 heavy (non-hydrogen) atoms. The molecule has 6 nitrogen and oxygen atoms in total. The number of rotatable bonds is 6. The van der Waals surface area contributed by atoms with Gasteiger partial charge in [-0.25, -0.2) is 0 Å². The third-order valence-corrected chi connectivity index (χ3v) is 3.30. The number of nitrogens with one attached hydrogen (secondary N) is 1. The Morgan fingerprint density at radius 2 is 2.15 bits per heavy atom. The van der Waals surface area contributed by atoms with E-state index in [0.29, 0.717) is 18.7 Å². The van der Waals surface area contributed by atoms with Gasteiger partial charge in [-0.15, -0.1) is 0 Å². The van der Waals surface area contributed by atoms with Gasteiger partial charge in [-0.3, -0.25) is 14.9 Å². The van der Waals surface area contributed by atoms with Crippen molar-refractivity contribution in [1.82, 2.24) is 10.2 Å². The molecule has 1 aromatic rings. The van der Waals surface area contributed by atoms with Gasteiger partial charge in [0.05, 0.1) is 11.0 Å². The summed E-state index contributed by atoms with van der Waals surface area (Å²) in [7, 11) is 1.75. The summed E-state index contributed by atoms with van der Waals surface area (Å²) in [6.45, 7) is 6.48. The van der Waals surface area contributed by atoms with E-state index in [2.05, 4.69) is 5.32 Å². The molecular formula is C14H21N3O3. The molecule has 6 heteroatoms. The number of carbonyl (C=O) groups excluding carboxylic acids is 1. The Morgan fingerprint density at radius 3 is 2.70 bits per heavy atom. The van der Waals surface area contributed by atoms with Gasteiger partial charge in [0.1, 0.15) is 0 Å². The molecule has 1 amide bonds. The fourth-order valence-corrected chi connectivity index (χ4v) is 1.81. The monoisotopic (exact) mass is 279 g/mol. The number of nitrogens with zero attached hydrogens (tertiary/aromatic N) is 2. The highest BCUT2D eigenvalue weighted by Gasteiger charge is 2.16. The number of likely N-dealkylation sites (N-methyl/N-ethyl adjacent to an activating group) is 1. The molecule has 0 bridgehead atoms. The summed E-state index contributed by atoms with van der Waals surface area (Å²) in [6, 6.07) is 4.78. The largest absolute Gasteiger partial charge is 0.345 e. The summed E-state index contributed by atoms with van der Waals surface area (Å²) in [6.07, 6.45) is 0. The molecule has 0 aliphatic carbocycles. The van der Waals surface area contributed by atoms with Crippen molar-refractivity contribution in [2.24, 2.45) is 0 Å². The Morgan fingerprint density at radius 1 is 1.50 bits per heavy atom. The van der Waals surface area contributed by atoms with Crippen molar-refractivity contribution in [3.05, 3.63) is 39.4 Å². The Hall–Kier alpha value is -1.95. The van der Waals surface area contributed by atoms with E-state index < -0.39 is 4.92 Å². The van der Waals surface area contributed by atoms with Gasteiger partial charge in [0, 0.05) is 31.8 Å². The highest BCUT2D eigenvalue weighted by molar-refractivity contribution is 5.81. The molecule has 1 rings (SSSR count). The molecule has 0 spiro atoms. The SMILES string of the molecule is CCN(C)C(=O)C(C)NCc1ccc(C)c([N+](=O)[O-])c1. The van der Waals surface area contributed by atoms with Crippen LogP contribution in [0.1, 0.15) is 25.0 Å². The van der Waals surface area contributed by atoms with Crippen LogP contribution in [0.5, 0.6) is 0 Å². The number of hydrogen-bond acceptors (Lipinski definition) is 4. The van der Waals surface area contributed by atoms with Gasteiger partial charge in [0.2, 0.25) is 5.91 Å². The third kappa shape index (κ3) is 4.03. The van der Waals surface area contributed by atoms with Crippen molar-refractivity contribution >= 4 is 11.6 Å². The fourth-order valence-electron chi connectivity index (χ4n) is 1.81. The normalized spacial score (nSPS) is 12.0. The zero-order chi connectivity index (χ0) is 15.3. The van der Waals surface area contributed by atoms with Crippen molar-refractivity contribution in [2.45, 2.75) is 33.4 Å². The predicted molar refractivity (Wildman–Crippen MR) is 77.4 cm³/mol. The number of aryl methyl sites for hydroxylation is 1. The number of amides is 1. The molecule has 0 aliphatic rings. The molecule has 110 valence electrons.